The Labute approximate surface area is 418 Å². The molecule has 8 heterocycles. The van der Waals surface area contributed by atoms with E-state index in [2.05, 4.69) is 135 Å². The number of Topliss-reactive ketones (excluding diaryl/α,β-unsaturated/α-hetero) is 4. The molecule has 72 heavy (non-hydrogen) atoms. The lowest BCUT2D eigenvalue weighted by atomic mass is 9.90. The van der Waals surface area contributed by atoms with Crippen LogP contribution in [0.15, 0.2) is 147 Å². The summed E-state index contributed by atoms with van der Waals surface area (Å²) in [5.41, 5.74) is 14.7. The molecule has 12 nitrogen and oxygen atoms in total. The number of hydrogen-bond donors (Lipinski definition) is 0. The van der Waals surface area contributed by atoms with Crippen LogP contribution in [0.3, 0.4) is 0 Å². The normalized spacial score (nSPS) is 25.2. The van der Waals surface area contributed by atoms with E-state index in [9.17, 15) is 19.2 Å². The molecule has 8 atom stereocenters. The number of aromatic nitrogens is 8. The molecule has 0 unspecified atom stereocenters. The molecule has 0 bridgehead atoms. The van der Waals surface area contributed by atoms with E-state index in [1.54, 1.807) is 0 Å². The Kier molecular flexibility index (Phi) is 11.2. The monoisotopic (exact) mass is 952 g/mol. The first-order valence-corrected chi connectivity index (χ1v) is 26.0. The van der Waals surface area contributed by atoms with Crippen LogP contribution < -0.4 is 0 Å². The first kappa shape index (κ1) is 44.3. The van der Waals surface area contributed by atoms with Crippen LogP contribution in [0, 0.1) is 23.7 Å². The van der Waals surface area contributed by atoms with Gasteiger partial charge in [-0.25, -0.2) is 19.9 Å². The Balaban J connectivity index is 0.0000000933. The maximum Gasteiger partial charge on any atom is 0.138 e. The van der Waals surface area contributed by atoms with E-state index in [1.807, 2.05) is 50.1 Å². The minimum absolute atomic E-state index is 0.140. The Hall–Kier alpha value is -7.60. The molecule has 4 aliphatic heterocycles. The third kappa shape index (κ3) is 7.23. The second kappa shape index (κ2) is 18.2. The topological polar surface area (TPSA) is 140 Å². The number of carbonyl (C=O) groups excluding carboxylic acids is 4. The molecule has 16 rings (SSSR count). The number of ketones is 4. The standard InChI is InChI=1S/4C15H14N2O/c4*18-14-7-3-6-12(14)15-11-5-2-1-4-10(11)13-8-16-9-17(13)15/h4*1-2,4-5,8-9,12,15H,3,6-7H2/t2*12-,15+;2*12-,15-/m1010/s1. The number of hydrogen-bond acceptors (Lipinski definition) is 8. The van der Waals surface area contributed by atoms with E-state index in [-0.39, 0.29) is 47.8 Å². The van der Waals surface area contributed by atoms with Gasteiger partial charge in [-0.2, -0.15) is 0 Å². The molecule has 0 radical (unpaired) electrons. The number of nitrogens with zero attached hydrogens (tertiary/aromatic N) is 8. The van der Waals surface area contributed by atoms with Gasteiger partial charge in [-0.15, -0.1) is 0 Å². The van der Waals surface area contributed by atoms with Crippen LogP contribution in [0.1, 0.15) is 123 Å². The predicted octanol–water partition coefficient (Wildman–Crippen LogP) is 11.3. The van der Waals surface area contributed by atoms with Crippen molar-refractivity contribution < 1.29 is 19.2 Å². The summed E-state index contributed by atoms with van der Waals surface area (Å²) in [6.07, 6.45) is 26.2. The van der Waals surface area contributed by atoms with E-state index in [0.29, 0.717) is 23.1 Å². The van der Waals surface area contributed by atoms with Crippen molar-refractivity contribution in [3.05, 3.63) is 169 Å². The molecule has 4 saturated carbocycles. The van der Waals surface area contributed by atoms with Crippen LogP contribution in [0.4, 0.5) is 0 Å². The molecular formula is C60H56N8O4. The molecule has 8 aromatic rings. The van der Waals surface area contributed by atoms with E-state index < -0.39 is 0 Å². The second-order valence-corrected chi connectivity index (χ2v) is 20.7. The zero-order valence-electron chi connectivity index (χ0n) is 40.2. The minimum atomic E-state index is 0.140. The van der Waals surface area contributed by atoms with Crippen LogP contribution >= 0.6 is 0 Å². The fourth-order valence-corrected chi connectivity index (χ4v) is 13.8. The van der Waals surface area contributed by atoms with Gasteiger partial charge in [0.25, 0.3) is 0 Å². The van der Waals surface area contributed by atoms with Gasteiger partial charge in [0, 0.05) is 71.6 Å². The van der Waals surface area contributed by atoms with Gasteiger partial charge < -0.3 is 18.3 Å². The van der Waals surface area contributed by atoms with Crippen molar-refractivity contribution in [1.29, 1.82) is 0 Å². The lowest BCUT2D eigenvalue weighted by Gasteiger charge is -2.20. The zero-order chi connectivity index (χ0) is 48.5. The van der Waals surface area contributed by atoms with Crippen LogP contribution in [-0.4, -0.2) is 61.3 Å². The fourth-order valence-electron chi connectivity index (χ4n) is 13.8. The number of imidazole rings is 4. The highest BCUT2D eigenvalue weighted by Crippen LogP contribution is 2.50. The Bertz CT molecular complexity index is 2960. The van der Waals surface area contributed by atoms with E-state index in [1.165, 1.54) is 44.5 Å². The van der Waals surface area contributed by atoms with E-state index in [4.69, 9.17) is 0 Å². The molecular weight excluding hydrogens is 897 g/mol. The van der Waals surface area contributed by atoms with Crippen molar-refractivity contribution in [1.82, 2.24) is 38.2 Å². The summed E-state index contributed by atoms with van der Waals surface area (Å²) in [5.74, 6) is 2.21. The minimum Gasteiger partial charge on any atom is -0.322 e. The summed E-state index contributed by atoms with van der Waals surface area (Å²) in [6, 6.07) is 34.3. The van der Waals surface area contributed by atoms with Gasteiger partial charge in [-0.3, -0.25) is 19.2 Å². The maximum absolute atomic E-state index is 12.1. The molecule has 0 amide bonds. The van der Waals surface area contributed by atoms with E-state index >= 15 is 0 Å². The summed E-state index contributed by atoms with van der Waals surface area (Å²) >= 11 is 0. The molecule has 0 saturated heterocycles. The van der Waals surface area contributed by atoms with Gasteiger partial charge >= 0.3 is 0 Å². The summed E-state index contributed by atoms with van der Waals surface area (Å²) in [4.78, 5) is 65.2. The molecule has 4 fully saturated rings. The average Bonchev–Trinajstić information content (AvgIpc) is 4.23. The van der Waals surface area contributed by atoms with Crippen LogP contribution in [0.5, 0.6) is 0 Å². The number of carbonyl (C=O) groups is 4. The first-order chi connectivity index (χ1) is 35.4. The molecule has 0 spiro atoms. The number of fused-ring (bicyclic) bond motifs is 12. The molecule has 0 N–H and O–H groups in total. The Morgan fingerprint density at radius 3 is 0.750 bits per heavy atom. The first-order valence-electron chi connectivity index (χ1n) is 26.0. The highest BCUT2D eigenvalue weighted by molar-refractivity contribution is 5.88. The van der Waals surface area contributed by atoms with Crippen molar-refractivity contribution in [3.8, 4) is 45.0 Å². The number of rotatable bonds is 4. The third-order valence-corrected chi connectivity index (χ3v) is 17.0. The lowest BCUT2D eigenvalue weighted by molar-refractivity contribution is -0.122. The third-order valence-electron chi connectivity index (χ3n) is 17.0. The average molecular weight is 953 g/mol. The molecule has 8 aliphatic rings. The maximum atomic E-state index is 12.1. The van der Waals surface area contributed by atoms with Crippen LogP contribution in [-0.2, 0) is 19.2 Å². The van der Waals surface area contributed by atoms with Gasteiger partial charge in [-0.1, -0.05) is 97.1 Å². The van der Waals surface area contributed by atoms with Crippen molar-refractivity contribution in [3.63, 3.8) is 0 Å². The SMILES string of the molecule is O=C1CCC[C@@H]1[C@@H]1c2ccccc2-c2cncn21.O=C1CCC[C@@H]1[C@H]1c2ccccc2-c2cncn21.O=C1CCC[C@H]1[C@@H]1c2ccccc2-c2cncn21.O=C1CCC[C@H]1[C@H]1c2ccccc2-c2cncn21. The van der Waals surface area contributed by atoms with Gasteiger partial charge in [-0.05, 0) is 73.6 Å². The van der Waals surface area contributed by atoms with Gasteiger partial charge in [0.2, 0.25) is 0 Å². The molecule has 4 aromatic heterocycles. The highest BCUT2D eigenvalue weighted by atomic mass is 16.1. The largest absolute Gasteiger partial charge is 0.322 e. The van der Waals surface area contributed by atoms with Crippen molar-refractivity contribution >= 4 is 23.1 Å². The van der Waals surface area contributed by atoms with Crippen molar-refractivity contribution in [2.45, 2.75) is 101 Å². The van der Waals surface area contributed by atoms with Gasteiger partial charge in [0.05, 0.1) is 97.0 Å². The fraction of sp³-hybridized carbons (Fsp3) is 0.333. The molecule has 360 valence electrons. The molecule has 12 heteroatoms. The summed E-state index contributed by atoms with van der Waals surface area (Å²) in [6.45, 7) is 0. The Morgan fingerprint density at radius 2 is 0.542 bits per heavy atom. The lowest BCUT2D eigenvalue weighted by Crippen LogP contribution is -2.20. The Morgan fingerprint density at radius 1 is 0.319 bits per heavy atom. The summed E-state index contributed by atoms with van der Waals surface area (Å²) < 4.78 is 8.72. The second-order valence-electron chi connectivity index (χ2n) is 20.7. The summed E-state index contributed by atoms with van der Waals surface area (Å²) in [5, 5.41) is 0. The number of benzene rings is 4. The smallest absolute Gasteiger partial charge is 0.138 e. The van der Waals surface area contributed by atoms with Crippen LogP contribution in [0.2, 0.25) is 0 Å². The van der Waals surface area contributed by atoms with Crippen molar-refractivity contribution in [2.24, 2.45) is 23.7 Å². The van der Waals surface area contributed by atoms with Crippen LogP contribution in [0.25, 0.3) is 45.0 Å². The predicted molar refractivity (Wildman–Crippen MR) is 273 cm³/mol. The highest BCUT2D eigenvalue weighted by Gasteiger charge is 2.43. The van der Waals surface area contributed by atoms with E-state index in [0.717, 1.165) is 99.8 Å². The molecule has 4 aliphatic carbocycles. The zero-order valence-corrected chi connectivity index (χ0v) is 40.2. The van der Waals surface area contributed by atoms with Crippen molar-refractivity contribution in [2.75, 3.05) is 0 Å². The van der Waals surface area contributed by atoms with Gasteiger partial charge in [0.15, 0.2) is 0 Å². The summed E-state index contributed by atoms with van der Waals surface area (Å²) in [7, 11) is 0. The quantitative estimate of drug-likeness (QED) is 0.170. The molecule has 4 aromatic carbocycles. The van der Waals surface area contributed by atoms with Gasteiger partial charge in [0.1, 0.15) is 23.1 Å².